The van der Waals surface area contributed by atoms with Crippen LogP contribution >= 0.6 is 0 Å². The third kappa shape index (κ3) is 1.15. The summed E-state index contributed by atoms with van der Waals surface area (Å²) in [5.74, 6) is 0. The summed E-state index contributed by atoms with van der Waals surface area (Å²) in [5, 5.41) is 9.24. The van der Waals surface area contributed by atoms with Gasteiger partial charge in [0.15, 0.2) is 0 Å². The molecule has 0 aromatic carbocycles. The summed E-state index contributed by atoms with van der Waals surface area (Å²) in [6.45, 7) is 0. The van der Waals surface area contributed by atoms with Crippen molar-refractivity contribution >= 4 is 0 Å². The van der Waals surface area contributed by atoms with Gasteiger partial charge in [0.2, 0.25) is 0 Å². The number of aliphatic hydroxyl groups is 1. The zero-order valence-corrected chi connectivity index (χ0v) is 6.03. The van der Waals surface area contributed by atoms with E-state index in [0.29, 0.717) is 6.42 Å². The highest BCUT2D eigenvalue weighted by Crippen LogP contribution is 2.19. The fourth-order valence-electron chi connectivity index (χ4n) is 1.32. The molecule has 1 fully saturated rings. The third-order valence-electron chi connectivity index (χ3n) is 2.07. The molecule has 4 atom stereocenters. The number of rotatable bonds is 1. The van der Waals surface area contributed by atoms with Gasteiger partial charge in [0.05, 0.1) is 18.2 Å². The normalized spacial score (nSPS) is 48.0. The van der Waals surface area contributed by atoms with E-state index in [4.69, 9.17) is 16.2 Å². The molecule has 5 N–H and O–H groups in total. The lowest BCUT2D eigenvalue weighted by molar-refractivity contribution is 0.0691. The predicted octanol–water partition coefficient (Wildman–Crippen LogP) is -1.58. The second-order valence-electron chi connectivity index (χ2n) is 2.74. The van der Waals surface area contributed by atoms with Crippen LogP contribution in [0.25, 0.3) is 0 Å². The lowest BCUT2D eigenvalue weighted by Crippen LogP contribution is -2.42. The van der Waals surface area contributed by atoms with E-state index in [-0.39, 0.29) is 18.2 Å². The summed E-state index contributed by atoms with van der Waals surface area (Å²) in [7, 11) is 1.58. The summed E-state index contributed by atoms with van der Waals surface area (Å²) in [5.41, 5.74) is 11.1. The minimum atomic E-state index is -0.607. The van der Waals surface area contributed by atoms with E-state index < -0.39 is 6.10 Å². The Bertz CT molecular complexity index is 120. The molecule has 0 spiro atoms. The Labute approximate surface area is 60.1 Å². The van der Waals surface area contributed by atoms with Crippen molar-refractivity contribution in [3.05, 3.63) is 0 Å². The predicted molar refractivity (Wildman–Crippen MR) is 37.4 cm³/mol. The Morgan fingerprint density at radius 2 is 2.10 bits per heavy atom. The molecule has 0 unspecified atom stereocenters. The summed E-state index contributed by atoms with van der Waals surface area (Å²) in [6.07, 6.45) is -0.0336. The maximum Gasteiger partial charge on any atom is 0.0867 e. The fourth-order valence-corrected chi connectivity index (χ4v) is 1.32. The van der Waals surface area contributed by atoms with Crippen molar-refractivity contribution in [3.63, 3.8) is 0 Å². The summed E-state index contributed by atoms with van der Waals surface area (Å²) < 4.78 is 5.00. The van der Waals surface area contributed by atoms with Crippen LogP contribution in [0.2, 0.25) is 0 Å². The molecule has 1 aliphatic rings. The van der Waals surface area contributed by atoms with Gasteiger partial charge in [-0.2, -0.15) is 0 Å². The SMILES string of the molecule is CO[C@@H]1C[C@@H](N)[C@H](O)[C@H]1N. The molecule has 0 aromatic rings. The first kappa shape index (κ1) is 7.94. The van der Waals surface area contributed by atoms with Gasteiger partial charge < -0.3 is 21.3 Å². The molecule has 4 nitrogen and oxygen atoms in total. The molecule has 0 bridgehead atoms. The van der Waals surface area contributed by atoms with E-state index in [0.717, 1.165) is 0 Å². The van der Waals surface area contributed by atoms with Crippen molar-refractivity contribution in [2.45, 2.75) is 30.7 Å². The quantitative estimate of drug-likeness (QED) is 0.417. The second kappa shape index (κ2) is 2.84. The topological polar surface area (TPSA) is 81.5 Å². The molecular formula is C6H14N2O2. The number of aliphatic hydroxyl groups excluding tert-OH is 1. The van der Waals surface area contributed by atoms with Crippen LogP contribution in [0.1, 0.15) is 6.42 Å². The van der Waals surface area contributed by atoms with E-state index in [9.17, 15) is 5.11 Å². The Morgan fingerprint density at radius 3 is 2.30 bits per heavy atom. The molecule has 1 saturated carbocycles. The molecule has 1 aliphatic carbocycles. The lowest BCUT2D eigenvalue weighted by Gasteiger charge is -2.15. The van der Waals surface area contributed by atoms with Gasteiger partial charge in [-0.05, 0) is 6.42 Å². The summed E-state index contributed by atoms with van der Waals surface area (Å²) in [4.78, 5) is 0. The van der Waals surface area contributed by atoms with Crippen LogP contribution < -0.4 is 11.5 Å². The lowest BCUT2D eigenvalue weighted by atomic mass is 10.2. The van der Waals surface area contributed by atoms with Gasteiger partial charge >= 0.3 is 0 Å². The molecular weight excluding hydrogens is 132 g/mol. The molecule has 0 heterocycles. The van der Waals surface area contributed by atoms with Crippen LogP contribution in [0.5, 0.6) is 0 Å². The Kier molecular flexibility index (Phi) is 2.25. The van der Waals surface area contributed by atoms with Crippen LogP contribution in [0.4, 0.5) is 0 Å². The van der Waals surface area contributed by atoms with Crippen molar-refractivity contribution in [3.8, 4) is 0 Å². The molecule has 10 heavy (non-hydrogen) atoms. The van der Waals surface area contributed by atoms with Gasteiger partial charge in [-0.25, -0.2) is 0 Å². The highest BCUT2D eigenvalue weighted by atomic mass is 16.5. The van der Waals surface area contributed by atoms with Crippen molar-refractivity contribution in [1.29, 1.82) is 0 Å². The van der Waals surface area contributed by atoms with Crippen molar-refractivity contribution < 1.29 is 9.84 Å². The van der Waals surface area contributed by atoms with Gasteiger partial charge in [-0.1, -0.05) is 0 Å². The fraction of sp³-hybridized carbons (Fsp3) is 1.00. The first-order valence-corrected chi connectivity index (χ1v) is 3.39. The first-order chi connectivity index (χ1) is 4.66. The van der Waals surface area contributed by atoms with Crippen LogP contribution in [0, 0.1) is 0 Å². The highest BCUT2D eigenvalue weighted by molar-refractivity contribution is 4.96. The summed E-state index contributed by atoms with van der Waals surface area (Å²) >= 11 is 0. The Balaban J connectivity index is 2.53. The van der Waals surface area contributed by atoms with Crippen molar-refractivity contribution in [2.24, 2.45) is 11.5 Å². The van der Waals surface area contributed by atoms with E-state index in [2.05, 4.69) is 0 Å². The standard InChI is InChI=1S/C6H14N2O2/c1-10-4-2-3(7)6(9)5(4)8/h3-6,9H,2,7-8H2,1H3/t3-,4-,5+,6+/m1/s1. The van der Waals surface area contributed by atoms with Crippen molar-refractivity contribution in [1.82, 2.24) is 0 Å². The first-order valence-electron chi connectivity index (χ1n) is 3.39. The number of nitrogens with two attached hydrogens (primary N) is 2. The molecule has 0 saturated heterocycles. The smallest absolute Gasteiger partial charge is 0.0867 e. The number of hydrogen-bond donors (Lipinski definition) is 3. The molecule has 4 heteroatoms. The minimum absolute atomic E-state index is 0.0787. The third-order valence-corrected chi connectivity index (χ3v) is 2.07. The van der Waals surface area contributed by atoms with Gasteiger partial charge in [0.1, 0.15) is 0 Å². The molecule has 1 rings (SSSR count). The average Bonchev–Trinajstić information content (AvgIpc) is 2.17. The monoisotopic (exact) mass is 146 g/mol. The zero-order chi connectivity index (χ0) is 7.72. The molecule has 0 aliphatic heterocycles. The number of ether oxygens (including phenoxy) is 1. The van der Waals surface area contributed by atoms with Crippen LogP contribution in [0.3, 0.4) is 0 Å². The Morgan fingerprint density at radius 1 is 1.50 bits per heavy atom. The second-order valence-corrected chi connectivity index (χ2v) is 2.74. The molecule has 0 radical (unpaired) electrons. The van der Waals surface area contributed by atoms with E-state index in [1.807, 2.05) is 0 Å². The van der Waals surface area contributed by atoms with Gasteiger partial charge in [-0.15, -0.1) is 0 Å². The maximum absolute atomic E-state index is 9.24. The number of methoxy groups -OCH3 is 1. The molecule has 60 valence electrons. The minimum Gasteiger partial charge on any atom is -0.390 e. The molecule has 0 aromatic heterocycles. The van der Waals surface area contributed by atoms with Gasteiger partial charge in [0.25, 0.3) is 0 Å². The van der Waals surface area contributed by atoms with Gasteiger partial charge in [-0.3, -0.25) is 0 Å². The highest BCUT2D eigenvalue weighted by Gasteiger charge is 2.38. The Hall–Kier alpha value is -0.160. The van der Waals surface area contributed by atoms with E-state index >= 15 is 0 Å². The van der Waals surface area contributed by atoms with Crippen molar-refractivity contribution in [2.75, 3.05) is 7.11 Å². The largest absolute Gasteiger partial charge is 0.390 e. The van der Waals surface area contributed by atoms with Crippen LogP contribution in [-0.2, 0) is 4.74 Å². The van der Waals surface area contributed by atoms with E-state index in [1.165, 1.54) is 0 Å². The van der Waals surface area contributed by atoms with Crippen LogP contribution in [0.15, 0.2) is 0 Å². The zero-order valence-electron chi connectivity index (χ0n) is 6.03. The average molecular weight is 146 g/mol. The summed E-state index contributed by atoms with van der Waals surface area (Å²) in [6, 6.07) is -0.542. The number of hydrogen-bond acceptors (Lipinski definition) is 4. The van der Waals surface area contributed by atoms with Gasteiger partial charge in [0, 0.05) is 13.2 Å². The van der Waals surface area contributed by atoms with Crippen LogP contribution in [-0.4, -0.2) is 36.5 Å². The molecule has 0 amide bonds. The van der Waals surface area contributed by atoms with E-state index in [1.54, 1.807) is 7.11 Å². The maximum atomic E-state index is 9.24.